The van der Waals surface area contributed by atoms with E-state index in [1.165, 1.54) is 11.3 Å². The molecule has 1 aromatic heterocycles. The van der Waals surface area contributed by atoms with Gasteiger partial charge >= 0.3 is 5.97 Å². The molecule has 1 aromatic carbocycles. The number of carbonyl (C=O) groups is 2. The van der Waals surface area contributed by atoms with Crippen molar-refractivity contribution in [2.45, 2.75) is 32.3 Å². The van der Waals surface area contributed by atoms with Gasteiger partial charge in [-0.2, -0.15) is 0 Å². The first-order valence-corrected chi connectivity index (χ1v) is 10.5. The number of thiazole rings is 1. The molecule has 6 heteroatoms. The summed E-state index contributed by atoms with van der Waals surface area (Å²) in [7, 11) is 4.38. The maximum atomic E-state index is 13.0. The molecule has 1 aliphatic heterocycles. The standard InChI is InChI=1S/C22H25N2O3S/c1-14-19(22(26)27-16-10-12-24(2,3)13-11-16)23-21(28-14)20(25)18-9-8-15-6-4-5-7-17(15)18/h4-7,9,16H,8,10-13H2,1-3H3/q+1. The van der Waals surface area contributed by atoms with Crippen LogP contribution in [0.15, 0.2) is 30.3 Å². The summed E-state index contributed by atoms with van der Waals surface area (Å²) in [5.74, 6) is -0.528. The number of fused-ring (bicyclic) bond motifs is 1. The van der Waals surface area contributed by atoms with E-state index < -0.39 is 5.97 Å². The van der Waals surface area contributed by atoms with Crippen molar-refractivity contribution in [3.8, 4) is 0 Å². The number of aromatic nitrogens is 1. The fourth-order valence-electron chi connectivity index (χ4n) is 3.86. The van der Waals surface area contributed by atoms with Crippen molar-refractivity contribution in [2.24, 2.45) is 0 Å². The lowest BCUT2D eigenvalue weighted by Crippen LogP contribution is -2.48. The minimum Gasteiger partial charge on any atom is -0.457 e. The summed E-state index contributed by atoms with van der Waals surface area (Å²) in [6.45, 7) is 3.81. The number of carbonyl (C=O) groups excluding carboxylic acids is 2. The molecule has 0 amide bonds. The third kappa shape index (κ3) is 3.66. The molecule has 0 radical (unpaired) electrons. The molecule has 1 saturated heterocycles. The largest absolute Gasteiger partial charge is 0.457 e. The minimum absolute atomic E-state index is 0.0664. The number of nitrogens with zero attached hydrogens (tertiary/aromatic N) is 2. The summed E-state index contributed by atoms with van der Waals surface area (Å²) < 4.78 is 6.65. The summed E-state index contributed by atoms with van der Waals surface area (Å²) in [6.07, 6.45) is 4.36. The molecule has 28 heavy (non-hydrogen) atoms. The lowest BCUT2D eigenvalue weighted by molar-refractivity contribution is -0.896. The second-order valence-electron chi connectivity index (χ2n) is 8.22. The number of benzene rings is 1. The van der Waals surface area contributed by atoms with Crippen LogP contribution in [0.3, 0.4) is 0 Å². The molecule has 146 valence electrons. The van der Waals surface area contributed by atoms with Crippen molar-refractivity contribution in [3.63, 3.8) is 0 Å². The number of quaternary nitrogens is 1. The van der Waals surface area contributed by atoms with Crippen LogP contribution < -0.4 is 0 Å². The Hall–Kier alpha value is -2.31. The third-order valence-electron chi connectivity index (χ3n) is 5.65. The van der Waals surface area contributed by atoms with Gasteiger partial charge in [0.25, 0.3) is 0 Å². The lowest BCUT2D eigenvalue weighted by Gasteiger charge is -2.36. The van der Waals surface area contributed by atoms with Gasteiger partial charge in [0.05, 0.1) is 27.2 Å². The highest BCUT2D eigenvalue weighted by Crippen LogP contribution is 2.32. The molecule has 0 unspecified atom stereocenters. The van der Waals surface area contributed by atoms with Gasteiger partial charge in [0.2, 0.25) is 5.78 Å². The second kappa shape index (κ2) is 7.26. The molecule has 2 aromatic rings. The van der Waals surface area contributed by atoms with Crippen LogP contribution in [0.5, 0.6) is 0 Å². The number of Topliss-reactive ketones (excluding diaryl/α,β-unsaturated/α-hetero) is 1. The first kappa shape index (κ1) is 19.0. The van der Waals surface area contributed by atoms with Crippen molar-refractivity contribution in [3.05, 3.63) is 57.0 Å². The van der Waals surface area contributed by atoms with E-state index in [0.29, 0.717) is 10.6 Å². The number of aryl methyl sites for hydroxylation is 1. The van der Waals surface area contributed by atoms with Crippen molar-refractivity contribution in [1.82, 2.24) is 4.98 Å². The van der Waals surface area contributed by atoms with Crippen LogP contribution in [0.25, 0.3) is 5.57 Å². The summed E-state index contributed by atoms with van der Waals surface area (Å²) in [5, 5.41) is 0.355. The van der Waals surface area contributed by atoms with Gasteiger partial charge in [0, 0.05) is 23.3 Å². The Morgan fingerprint density at radius 3 is 2.64 bits per heavy atom. The van der Waals surface area contributed by atoms with Crippen LogP contribution in [-0.2, 0) is 11.2 Å². The van der Waals surface area contributed by atoms with Gasteiger partial charge < -0.3 is 9.22 Å². The van der Waals surface area contributed by atoms with E-state index in [0.717, 1.165) is 52.8 Å². The van der Waals surface area contributed by atoms with E-state index in [1.54, 1.807) is 0 Å². The van der Waals surface area contributed by atoms with Gasteiger partial charge in [0.1, 0.15) is 6.10 Å². The molecule has 4 rings (SSSR count). The van der Waals surface area contributed by atoms with E-state index >= 15 is 0 Å². The number of esters is 1. The van der Waals surface area contributed by atoms with Gasteiger partial charge in [-0.3, -0.25) is 4.79 Å². The molecule has 1 aliphatic carbocycles. The Kier molecular flexibility index (Phi) is 4.93. The monoisotopic (exact) mass is 397 g/mol. The molecular formula is C22H25N2O3S+. The maximum absolute atomic E-state index is 13.0. The molecular weight excluding hydrogens is 372 g/mol. The number of hydrogen-bond acceptors (Lipinski definition) is 5. The minimum atomic E-state index is -0.411. The number of hydrogen-bond donors (Lipinski definition) is 0. The Bertz CT molecular complexity index is 964. The third-order valence-corrected chi connectivity index (χ3v) is 6.62. The SMILES string of the molecule is Cc1sc(C(=O)C2=CCc3ccccc32)nc1C(=O)OC1CC[N+](C)(C)CC1. The molecule has 2 aliphatic rings. The van der Waals surface area contributed by atoms with E-state index in [1.807, 2.05) is 37.3 Å². The Balaban J connectivity index is 1.48. The zero-order valence-electron chi connectivity index (χ0n) is 16.5. The van der Waals surface area contributed by atoms with Gasteiger partial charge in [-0.05, 0) is 24.5 Å². The molecule has 0 saturated carbocycles. The molecule has 0 N–H and O–H groups in total. The summed E-state index contributed by atoms with van der Waals surface area (Å²) in [6, 6.07) is 7.91. The Morgan fingerprint density at radius 1 is 1.18 bits per heavy atom. The first-order valence-electron chi connectivity index (χ1n) is 9.67. The summed E-state index contributed by atoms with van der Waals surface area (Å²) in [4.78, 5) is 30.7. The smallest absolute Gasteiger partial charge is 0.358 e. The fraction of sp³-hybridized carbons (Fsp3) is 0.409. The Morgan fingerprint density at radius 2 is 1.89 bits per heavy atom. The number of likely N-dealkylation sites (tertiary alicyclic amines) is 1. The number of ketones is 1. The van der Waals surface area contributed by atoms with Gasteiger partial charge in [-0.15, -0.1) is 11.3 Å². The number of allylic oxidation sites excluding steroid dienone is 2. The van der Waals surface area contributed by atoms with E-state index in [2.05, 4.69) is 19.1 Å². The highest BCUT2D eigenvalue weighted by Gasteiger charge is 2.31. The molecule has 5 nitrogen and oxygen atoms in total. The highest BCUT2D eigenvalue weighted by molar-refractivity contribution is 7.14. The van der Waals surface area contributed by atoms with Crippen LogP contribution in [0.2, 0.25) is 0 Å². The number of ether oxygens (including phenoxy) is 1. The molecule has 0 bridgehead atoms. The Labute approximate surface area is 169 Å². The molecule has 0 spiro atoms. The van der Waals surface area contributed by atoms with Crippen molar-refractivity contribution >= 4 is 28.7 Å². The zero-order chi connectivity index (χ0) is 19.9. The number of rotatable bonds is 4. The van der Waals surface area contributed by atoms with E-state index in [-0.39, 0.29) is 17.6 Å². The van der Waals surface area contributed by atoms with Gasteiger partial charge in [-0.1, -0.05) is 30.3 Å². The van der Waals surface area contributed by atoms with Gasteiger partial charge in [0.15, 0.2) is 10.7 Å². The molecule has 1 fully saturated rings. The van der Waals surface area contributed by atoms with Crippen LogP contribution in [0, 0.1) is 6.92 Å². The second-order valence-corrected chi connectivity index (χ2v) is 9.42. The summed E-state index contributed by atoms with van der Waals surface area (Å²) >= 11 is 1.27. The average Bonchev–Trinajstić information content (AvgIpc) is 3.26. The predicted molar refractivity (Wildman–Crippen MR) is 110 cm³/mol. The normalized spacial score (nSPS) is 18.5. The lowest BCUT2D eigenvalue weighted by atomic mass is 10.0. The van der Waals surface area contributed by atoms with Crippen molar-refractivity contribution in [2.75, 3.05) is 27.2 Å². The highest BCUT2D eigenvalue weighted by atomic mass is 32.1. The van der Waals surface area contributed by atoms with Crippen LogP contribution >= 0.6 is 11.3 Å². The molecule has 0 atom stereocenters. The molecule has 2 heterocycles. The predicted octanol–water partition coefficient (Wildman–Crippen LogP) is 3.67. The van der Waals surface area contributed by atoms with Crippen molar-refractivity contribution < 1.29 is 18.8 Å². The van der Waals surface area contributed by atoms with E-state index in [9.17, 15) is 9.59 Å². The number of piperidine rings is 1. The first-order chi connectivity index (χ1) is 13.3. The van der Waals surface area contributed by atoms with Crippen LogP contribution in [0.1, 0.15) is 49.1 Å². The maximum Gasteiger partial charge on any atom is 0.358 e. The van der Waals surface area contributed by atoms with E-state index in [4.69, 9.17) is 4.74 Å². The quantitative estimate of drug-likeness (QED) is 0.449. The summed E-state index contributed by atoms with van der Waals surface area (Å²) in [5.41, 5.74) is 3.07. The average molecular weight is 398 g/mol. The topological polar surface area (TPSA) is 56.3 Å². The van der Waals surface area contributed by atoms with Crippen LogP contribution in [0.4, 0.5) is 0 Å². The van der Waals surface area contributed by atoms with Gasteiger partial charge in [-0.25, -0.2) is 9.78 Å². The zero-order valence-corrected chi connectivity index (χ0v) is 17.3. The van der Waals surface area contributed by atoms with Crippen molar-refractivity contribution in [1.29, 1.82) is 0 Å². The fourth-order valence-corrected chi connectivity index (χ4v) is 4.72. The van der Waals surface area contributed by atoms with Crippen LogP contribution in [-0.4, -0.2) is 54.5 Å².